The highest BCUT2D eigenvalue weighted by molar-refractivity contribution is 6.20. The SMILES string of the molecule is CN1CCC2N(CC1)c1ccc([NH+]([O-])O)cc1CC21C(=O)N(C)C(=O)N(C)C1=O. The first-order chi connectivity index (χ1) is 13.7. The van der Waals surface area contributed by atoms with E-state index in [-0.39, 0.29) is 12.1 Å². The molecule has 2 atom stereocenters. The number of benzene rings is 1. The van der Waals surface area contributed by atoms with Gasteiger partial charge in [-0.2, -0.15) is 5.23 Å². The van der Waals surface area contributed by atoms with Crippen LogP contribution in [0.4, 0.5) is 16.2 Å². The van der Waals surface area contributed by atoms with Crippen LogP contribution in [0.25, 0.3) is 0 Å². The summed E-state index contributed by atoms with van der Waals surface area (Å²) >= 11 is 0. The molecule has 2 fully saturated rings. The molecule has 156 valence electrons. The molecule has 4 rings (SSSR count). The molecule has 0 aliphatic carbocycles. The molecule has 2 unspecified atom stereocenters. The van der Waals surface area contributed by atoms with Gasteiger partial charge in [0.25, 0.3) is 0 Å². The number of barbiturate groups is 1. The van der Waals surface area contributed by atoms with E-state index in [1.807, 2.05) is 7.05 Å². The van der Waals surface area contributed by atoms with E-state index in [0.29, 0.717) is 25.1 Å². The molecular weight excluding hydrogens is 378 g/mol. The van der Waals surface area contributed by atoms with Gasteiger partial charge >= 0.3 is 6.03 Å². The number of fused-ring (bicyclic) bond motifs is 4. The first kappa shape index (κ1) is 19.8. The summed E-state index contributed by atoms with van der Waals surface area (Å²) in [5, 5.41) is 19.8. The van der Waals surface area contributed by atoms with Crippen LogP contribution in [0.2, 0.25) is 0 Å². The van der Waals surface area contributed by atoms with E-state index < -0.39 is 34.5 Å². The topological polar surface area (TPSA) is 112 Å². The van der Waals surface area contributed by atoms with Crippen LogP contribution >= 0.6 is 0 Å². The predicted octanol–water partition coefficient (Wildman–Crippen LogP) is -0.807. The van der Waals surface area contributed by atoms with E-state index in [2.05, 4.69) is 9.80 Å². The fourth-order valence-electron chi connectivity index (χ4n) is 4.93. The first-order valence-electron chi connectivity index (χ1n) is 9.60. The summed E-state index contributed by atoms with van der Waals surface area (Å²) in [7, 11) is 4.78. The molecule has 1 aromatic carbocycles. The second-order valence-corrected chi connectivity index (χ2v) is 8.11. The van der Waals surface area contributed by atoms with Gasteiger partial charge in [-0.05, 0) is 31.6 Å². The third-order valence-corrected chi connectivity index (χ3v) is 6.50. The van der Waals surface area contributed by atoms with Crippen molar-refractivity contribution in [3.63, 3.8) is 0 Å². The monoisotopic (exact) mass is 403 g/mol. The maximum atomic E-state index is 13.4. The normalized spacial score (nSPS) is 25.8. The Morgan fingerprint density at radius 2 is 1.72 bits per heavy atom. The van der Waals surface area contributed by atoms with Crippen LogP contribution in [0.1, 0.15) is 12.0 Å². The molecule has 0 radical (unpaired) electrons. The van der Waals surface area contributed by atoms with Crippen molar-refractivity contribution in [3.8, 4) is 0 Å². The van der Waals surface area contributed by atoms with Crippen LogP contribution in [0, 0.1) is 10.6 Å². The van der Waals surface area contributed by atoms with Crippen molar-refractivity contribution in [2.75, 3.05) is 45.7 Å². The zero-order chi connectivity index (χ0) is 21.1. The highest BCUT2D eigenvalue weighted by atomic mass is 16.8. The molecule has 1 spiro atoms. The van der Waals surface area contributed by atoms with Crippen molar-refractivity contribution in [1.82, 2.24) is 14.7 Å². The molecule has 0 saturated carbocycles. The van der Waals surface area contributed by atoms with Crippen LogP contribution in [-0.4, -0.2) is 84.6 Å². The number of carbonyl (C=O) groups excluding carboxylic acids is 3. The van der Waals surface area contributed by atoms with Crippen LogP contribution in [-0.2, 0) is 16.0 Å². The summed E-state index contributed by atoms with van der Waals surface area (Å²) in [5.74, 6) is -1.03. The zero-order valence-corrected chi connectivity index (χ0v) is 16.7. The summed E-state index contributed by atoms with van der Waals surface area (Å²) in [5.41, 5.74) is 0.150. The lowest BCUT2D eigenvalue weighted by molar-refractivity contribution is -0.991. The number of hydrogen-bond acceptors (Lipinski definition) is 7. The molecule has 2 N–H and O–H groups in total. The average Bonchev–Trinajstić information content (AvgIpc) is 2.91. The third kappa shape index (κ3) is 2.75. The lowest BCUT2D eigenvalue weighted by atomic mass is 9.67. The fraction of sp³-hybridized carbons (Fsp3) is 0.526. The summed E-state index contributed by atoms with van der Waals surface area (Å²) in [4.78, 5) is 45.5. The number of hydrogen-bond donors (Lipinski definition) is 2. The Morgan fingerprint density at radius 1 is 1.07 bits per heavy atom. The minimum Gasteiger partial charge on any atom is -0.595 e. The van der Waals surface area contributed by atoms with E-state index in [1.54, 1.807) is 18.2 Å². The highest BCUT2D eigenvalue weighted by Gasteiger charge is 2.63. The molecule has 3 aliphatic heterocycles. The highest BCUT2D eigenvalue weighted by Crippen LogP contribution is 2.47. The Balaban J connectivity index is 1.92. The summed E-state index contributed by atoms with van der Waals surface area (Å²) in [6.07, 6.45) is 0.665. The van der Waals surface area contributed by atoms with Crippen molar-refractivity contribution in [2.24, 2.45) is 5.41 Å². The van der Waals surface area contributed by atoms with Crippen LogP contribution in [0.15, 0.2) is 18.2 Å². The Hall–Kier alpha value is -2.53. The van der Waals surface area contributed by atoms with Gasteiger partial charge in [0, 0.05) is 51.4 Å². The number of likely N-dealkylation sites (N-methyl/N-ethyl adjacent to an activating group) is 1. The quantitative estimate of drug-likeness (QED) is 0.466. The van der Waals surface area contributed by atoms with Crippen LogP contribution in [0.3, 0.4) is 0 Å². The zero-order valence-electron chi connectivity index (χ0n) is 16.7. The minimum absolute atomic E-state index is 0.0773. The molecule has 0 bridgehead atoms. The largest absolute Gasteiger partial charge is 0.595 e. The number of nitrogens with zero attached hydrogens (tertiary/aromatic N) is 4. The summed E-state index contributed by atoms with van der Waals surface area (Å²) in [6.45, 7) is 2.07. The predicted molar refractivity (Wildman–Crippen MR) is 103 cm³/mol. The fourth-order valence-corrected chi connectivity index (χ4v) is 4.93. The number of rotatable bonds is 1. The van der Waals surface area contributed by atoms with E-state index in [0.717, 1.165) is 22.0 Å². The number of carbonyl (C=O) groups is 3. The van der Waals surface area contributed by atoms with E-state index in [9.17, 15) is 24.8 Å². The van der Waals surface area contributed by atoms with Crippen molar-refractivity contribution < 1.29 is 24.8 Å². The second-order valence-electron chi connectivity index (χ2n) is 8.11. The number of amides is 4. The van der Waals surface area contributed by atoms with E-state index in [1.165, 1.54) is 14.1 Å². The second kappa shape index (κ2) is 6.77. The van der Waals surface area contributed by atoms with Crippen molar-refractivity contribution in [1.29, 1.82) is 0 Å². The number of urea groups is 1. The lowest BCUT2D eigenvalue weighted by Crippen LogP contribution is -2.99. The Labute approximate surface area is 168 Å². The van der Waals surface area contributed by atoms with Gasteiger partial charge in [0.05, 0.1) is 6.04 Å². The van der Waals surface area contributed by atoms with Crippen molar-refractivity contribution in [2.45, 2.75) is 18.9 Å². The Bertz CT molecular complexity index is 864. The molecule has 10 nitrogen and oxygen atoms in total. The van der Waals surface area contributed by atoms with Crippen LogP contribution in [0.5, 0.6) is 0 Å². The molecule has 1 aromatic rings. The Kier molecular flexibility index (Phi) is 4.61. The summed E-state index contributed by atoms with van der Waals surface area (Å²) < 4.78 is 0. The van der Waals surface area contributed by atoms with Gasteiger partial charge in [-0.15, -0.1) is 0 Å². The summed E-state index contributed by atoms with van der Waals surface area (Å²) in [6, 6.07) is 3.81. The van der Waals surface area contributed by atoms with Crippen LogP contribution < -0.4 is 10.1 Å². The third-order valence-electron chi connectivity index (χ3n) is 6.50. The Morgan fingerprint density at radius 3 is 2.34 bits per heavy atom. The molecular formula is C19H25N5O5. The van der Waals surface area contributed by atoms with Crippen molar-refractivity contribution >= 4 is 29.2 Å². The number of quaternary nitrogens is 1. The molecule has 3 aliphatic rings. The molecule has 2 saturated heterocycles. The molecule has 0 aromatic heterocycles. The van der Waals surface area contributed by atoms with Gasteiger partial charge in [0.1, 0.15) is 0 Å². The van der Waals surface area contributed by atoms with Gasteiger partial charge in [0.2, 0.25) is 11.8 Å². The smallest absolute Gasteiger partial charge is 0.332 e. The molecule has 4 amide bonds. The standard InChI is InChI=1S/C19H25N5O5/c1-20-7-6-15-19(16(25)21(2)18(27)22(3)17(19)26)11-12-10-13(24(28)29)4-5-14(12)23(15)9-8-20/h4-5,10,15,24,28H,6-9,11H2,1-3H3. The van der Waals surface area contributed by atoms with Gasteiger partial charge < -0.3 is 15.0 Å². The average molecular weight is 403 g/mol. The molecule has 3 heterocycles. The molecule has 29 heavy (non-hydrogen) atoms. The number of anilines is 1. The lowest BCUT2D eigenvalue weighted by Gasteiger charge is -2.52. The number of imide groups is 2. The van der Waals surface area contributed by atoms with Gasteiger partial charge in [-0.3, -0.25) is 19.4 Å². The maximum absolute atomic E-state index is 13.4. The first-order valence-corrected chi connectivity index (χ1v) is 9.60. The van der Waals surface area contributed by atoms with Gasteiger partial charge in [-0.25, -0.2) is 10.0 Å². The van der Waals surface area contributed by atoms with Gasteiger partial charge in [-0.1, -0.05) is 0 Å². The number of nitrogens with one attached hydrogen (secondary N) is 1. The van der Waals surface area contributed by atoms with E-state index >= 15 is 0 Å². The maximum Gasteiger partial charge on any atom is 0.332 e. The molecule has 10 heteroatoms. The van der Waals surface area contributed by atoms with E-state index in [4.69, 9.17) is 0 Å². The van der Waals surface area contributed by atoms with Gasteiger partial charge in [0.15, 0.2) is 11.1 Å². The minimum atomic E-state index is -1.45. The van der Waals surface area contributed by atoms with Crippen molar-refractivity contribution in [3.05, 3.63) is 29.0 Å².